The highest BCUT2D eigenvalue weighted by atomic mass is 79.9. The Morgan fingerprint density at radius 1 is 1.10 bits per heavy atom. The molecule has 1 saturated carbocycles. The molecule has 2 heterocycles. The summed E-state index contributed by atoms with van der Waals surface area (Å²) in [7, 11) is -4.23. The highest BCUT2D eigenvalue weighted by Crippen LogP contribution is 2.46. The van der Waals surface area contributed by atoms with Crippen molar-refractivity contribution in [2.75, 3.05) is 6.54 Å². The van der Waals surface area contributed by atoms with Gasteiger partial charge < -0.3 is 20.3 Å². The first-order chi connectivity index (χ1) is 19.7. The Kier molecular flexibility index (Phi) is 9.71. The molecular formula is C29H39BrN4O7S. The Balaban J connectivity index is 1.57. The van der Waals surface area contributed by atoms with Gasteiger partial charge in [-0.15, -0.1) is 0 Å². The highest BCUT2D eigenvalue weighted by molar-refractivity contribution is 9.10. The van der Waals surface area contributed by atoms with Gasteiger partial charge in [0.15, 0.2) is 0 Å². The third kappa shape index (κ3) is 7.52. The summed E-state index contributed by atoms with van der Waals surface area (Å²) >= 11 is 3.22. The lowest BCUT2D eigenvalue weighted by molar-refractivity contribution is -0.141. The zero-order valence-electron chi connectivity index (χ0n) is 24.2. The number of allylic oxidation sites excluding steroid dienone is 1. The summed E-state index contributed by atoms with van der Waals surface area (Å²) in [5, 5.41) is 5.52. The quantitative estimate of drug-likeness (QED) is 0.416. The molecule has 3 N–H and O–H groups in total. The van der Waals surface area contributed by atoms with Crippen LogP contribution in [0.2, 0.25) is 0 Å². The smallest absolute Gasteiger partial charge is 0.408 e. The maximum Gasteiger partial charge on any atom is 0.408 e. The van der Waals surface area contributed by atoms with Crippen LogP contribution < -0.4 is 15.4 Å². The van der Waals surface area contributed by atoms with Gasteiger partial charge in [0, 0.05) is 16.9 Å². The van der Waals surface area contributed by atoms with Crippen molar-refractivity contribution >= 4 is 49.8 Å². The topological polar surface area (TPSA) is 151 Å². The monoisotopic (exact) mass is 666 g/mol. The number of nitrogens with one attached hydrogen (secondary N) is 3. The summed E-state index contributed by atoms with van der Waals surface area (Å²) in [4.78, 5) is 54.8. The number of rotatable bonds is 4. The highest BCUT2D eigenvalue weighted by Gasteiger charge is 2.61. The van der Waals surface area contributed by atoms with Crippen molar-refractivity contribution in [1.82, 2.24) is 20.3 Å². The van der Waals surface area contributed by atoms with Crippen molar-refractivity contribution in [3.05, 3.63) is 40.9 Å². The van der Waals surface area contributed by atoms with Crippen LogP contribution in [0, 0.1) is 5.92 Å². The minimum Gasteiger partial charge on any atom is -0.444 e. The van der Waals surface area contributed by atoms with Gasteiger partial charge in [0.05, 0.1) is 0 Å². The molecule has 1 saturated heterocycles. The van der Waals surface area contributed by atoms with E-state index in [1.54, 1.807) is 39.0 Å². The van der Waals surface area contributed by atoms with Crippen LogP contribution in [0.1, 0.15) is 72.1 Å². The third-order valence-electron chi connectivity index (χ3n) is 7.68. The van der Waals surface area contributed by atoms with Crippen LogP contribution in [0.4, 0.5) is 4.79 Å². The molecule has 13 heteroatoms. The molecule has 0 radical (unpaired) electrons. The number of carbonyl (C=O) groups excluding carboxylic acids is 4. The van der Waals surface area contributed by atoms with Crippen LogP contribution in [0.25, 0.3) is 0 Å². The van der Waals surface area contributed by atoms with E-state index in [-0.39, 0.29) is 17.2 Å². The molecule has 4 rings (SSSR count). The number of carbonyl (C=O) groups is 4. The van der Waals surface area contributed by atoms with Gasteiger partial charge >= 0.3 is 6.09 Å². The van der Waals surface area contributed by atoms with Crippen molar-refractivity contribution in [3.63, 3.8) is 0 Å². The molecule has 1 aromatic carbocycles. The van der Waals surface area contributed by atoms with Gasteiger partial charge in [0.1, 0.15) is 28.1 Å². The van der Waals surface area contributed by atoms with E-state index >= 15 is 0 Å². The molecule has 1 aliphatic carbocycles. The van der Waals surface area contributed by atoms with Gasteiger partial charge in [-0.05, 0) is 87.4 Å². The van der Waals surface area contributed by atoms with Gasteiger partial charge in [-0.1, -0.05) is 37.1 Å². The normalized spacial score (nSPS) is 27.8. The summed E-state index contributed by atoms with van der Waals surface area (Å²) in [6.45, 7) is 5.53. The van der Waals surface area contributed by atoms with Gasteiger partial charge in [-0.2, -0.15) is 0 Å². The van der Waals surface area contributed by atoms with Crippen LogP contribution in [0.15, 0.2) is 45.8 Å². The average molecular weight is 668 g/mol. The predicted molar refractivity (Wildman–Crippen MR) is 159 cm³/mol. The fraction of sp³-hybridized carbons (Fsp3) is 0.586. The van der Waals surface area contributed by atoms with E-state index in [2.05, 4.69) is 31.3 Å². The molecule has 0 bridgehead atoms. The molecule has 230 valence electrons. The van der Waals surface area contributed by atoms with Gasteiger partial charge in [-0.3, -0.25) is 14.4 Å². The Hall–Kier alpha value is -2.93. The Labute approximate surface area is 255 Å². The number of fused-ring (bicyclic) bond motifs is 2. The standard InChI is InChI=1S/C29H39BrN4O7S/c1-28(2,3)41-27(38)31-21-14-8-6-4-5-7-12-19-18-29(19,32-24(35)22-15-11-17-34(22)25(21)36)26(37)33-42(39,40)23-16-10-9-13-20(23)30/h7,9-10,12-13,16,19,21-22H,4-6,8,11,14-15,17-18H2,1-3H3,(H,31,38)(H,32,35)(H,33,37)/b12-7-/t19-,21+,22+,29-/m1/s1. The van der Waals surface area contributed by atoms with Gasteiger partial charge in [0.25, 0.3) is 15.9 Å². The van der Waals surface area contributed by atoms with Crippen LogP contribution in [0.5, 0.6) is 0 Å². The van der Waals surface area contributed by atoms with Gasteiger partial charge in [0.2, 0.25) is 11.8 Å². The molecule has 11 nitrogen and oxygen atoms in total. The van der Waals surface area contributed by atoms with E-state index < -0.39 is 57.1 Å². The molecule has 0 unspecified atom stereocenters. The lowest BCUT2D eigenvalue weighted by atomic mass is 10.0. The predicted octanol–water partition coefficient (Wildman–Crippen LogP) is 3.53. The van der Waals surface area contributed by atoms with E-state index in [0.717, 1.165) is 12.8 Å². The number of halogens is 1. The Bertz CT molecular complexity index is 1360. The number of hydrogen-bond acceptors (Lipinski definition) is 7. The maximum absolute atomic E-state index is 13.7. The second-order valence-electron chi connectivity index (χ2n) is 12.1. The summed E-state index contributed by atoms with van der Waals surface area (Å²) in [6.07, 6.45) is 7.71. The zero-order chi connectivity index (χ0) is 30.7. The Morgan fingerprint density at radius 2 is 1.83 bits per heavy atom. The second-order valence-corrected chi connectivity index (χ2v) is 14.6. The summed E-state index contributed by atoms with van der Waals surface area (Å²) < 4.78 is 34.0. The van der Waals surface area contributed by atoms with Crippen LogP contribution in [0.3, 0.4) is 0 Å². The first-order valence-corrected chi connectivity index (χ1v) is 16.6. The summed E-state index contributed by atoms with van der Waals surface area (Å²) in [5.41, 5.74) is -2.21. The summed E-state index contributed by atoms with van der Waals surface area (Å²) in [6, 6.07) is 4.42. The molecule has 2 aliphatic heterocycles. The van der Waals surface area contributed by atoms with E-state index in [4.69, 9.17) is 4.74 Å². The molecule has 42 heavy (non-hydrogen) atoms. The molecule has 1 aromatic rings. The first-order valence-electron chi connectivity index (χ1n) is 14.3. The third-order valence-corrected chi connectivity index (χ3v) is 10.0. The van der Waals surface area contributed by atoms with Crippen molar-refractivity contribution in [2.24, 2.45) is 5.92 Å². The van der Waals surface area contributed by atoms with Gasteiger partial charge in [-0.25, -0.2) is 17.9 Å². The zero-order valence-corrected chi connectivity index (χ0v) is 26.6. The van der Waals surface area contributed by atoms with Crippen LogP contribution >= 0.6 is 15.9 Å². The largest absolute Gasteiger partial charge is 0.444 e. The first kappa shape index (κ1) is 32.0. The number of nitrogens with zero attached hydrogens (tertiary/aromatic N) is 1. The fourth-order valence-corrected chi connectivity index (χ4v) is 7.52. The second kappa shape index (κ2) is 12.7. The number of alkyl carbamates (subject to hydrolysis) is 1. The maximum atomic E-state index is 13.7. The molecular weight excluding hydrogens is 628 g/mol. The van der Waals surface area contributed by atoms with E-state index in [1.165, 1.54) is 11.0 Å². The lowest BCUT2D eigenvalue weighted by Gasteiger charge is -2.30. The molecule has 2 fully saturated rings. The van der Waals surface area contributed by atoms with Crippen LogP contribution in [-0.4, -0.2) is 66.9 Å². The number of hydrogen-bond donors (Lipinski definition) is 3. The van der Waals surface area contributed by atoms with E-state index in [9.17, 15) is 27.6 Å². The van der Waals surface area contributed by atoms with Crippen molar-refractivity contribution in [3.8, 4) is 0 Å². The molecule has 0 spiro atoms. The van der Waals surface area contributed by atoms with Crippen LogP contribution in [-0.2, 0) is 29.1 Å². The number of benzene rings is 1. The minimum absolute atomic E-state index is 0.0953. The lowest BCUT2D eigenvalue weighted by Crippen LogP contribution is -2.58. The summed E-state index contributed by atoms with van der Waals surface area (Å²) in [5.74, 6) is -2.14. The Morgan fingerprint density at radius 3 is 2.55 bits per heavy atom. The average Bonchev–Trinajstić information content (AvgIpc) is 3.35. The number of ether oxygens (including phenoxy) is 1. The number of sulfonamides is 1. The fourth-order valence-electron chi connectivity index (χ4n) is 5.47. The molecule has 0 aromatic heterocycles. The SMILES string of the molecule is CC(C)(C)OC(=O)N[C@H]1CCCCC/C=C\[C@@H]2C[C@@]2(C(=O)NS(=O)(=O)c2ccccc2Br)NC(=O)[C@@H]2CCCN2C1=O. The minimum atomic E-state index is -4.23. The van der Waals surface area contributed by atoms with Crippen molar-refractivity contribution in [2.45, 2.75) is 100 Å². The molecule has 4 amide bonds. The molecule has 4 atom stereocenters. The van der Waals surface area contributed by atoms with E-state index in [1.807, 2.05) is 12.2 Å². The molecule has 3 aliphatic rings. The van der Waals surface area contributed by atoms with Crippen molar-refractivity contribution in [1.29, 1.82) is 0 Å². The van der Waals surface area contributed by atoms with E-state index in [0.29, 0.717) is 43.1 Å². The van der Waals surface area contributed by atoms with Crippen molar-refractivity contribution < 1.29 is 32.3 Å². The number of amides is 4.